The van der Waals surface area contributed by atoms with Gasteiger partial charge in [0.15, 0.2) is 0 Å². The highest BCUT2D eigenvalue weighted by molar-refractivity contribution is 5.93. The first-order valence-corrected chi connectivity index (χ1v) is 7.30. The molecule has 0 unspecified atom stereocenters. The molecule has 1 aromatic rings. The smallest absolute Gasteiger partial charge is 0.269 e. The molecular formula is C15H23N3O. The molecular weight excluding hydrogens is 238 g/mol. The first-order chi connectivity index (χ1) is 9.29. The van der Waals surface area contributed by atoms with Crippen molar-refractivity contribution in [1.29, 1.82) is 0 Å². The quantitative estimate of drug-likeness (QED) is 0.774. The van der Waals surface area contributed by atoms with Gasteiger partial charge in [-0.25, -0.2) is 0 Å². The maximum atomic E-state index is 11.9. The molecule has 1 saturated carbocycles. The Hall–Kier alpha value is -1.58. The average molecular weight is 261 g/mol. The number of hydrogen-bond donors (Lipinski definition) is 2. The van der Waals surface area contributed by atoms with Gasteiger partial charge in [0.2, 0.25) is 0 Å². The van der Waals surface area contributed by atoms with Gasteiger partial charge >= 0.3 is 0 Å². The summed E-state index contributed by atoms with van der Waals surface area (Å²) in [5, 5.41) is 6.37. The fraction of sp³-hybridized carbons (Fsp3) is 0.600. The van der Waals surface area contributed by atoms with Crippen molar-refractivity contribution in [2.45, 2.75) is 51.5 Å². The largest absolute Gasteiger partial charge is 0.382 e. The van der Waals surface area contributed by atoms with E-state index in [1.165, 1.54) is 25.7 Å². The Morgan fingerprint density at radius 3 is 2.95 bits per heavy atom. The second kappa shape index (κ2) is 7.12. The SMILES string of the molecule is CCCCNC(=O)c1cc(NC2CCCC2)ccn1. The Kier molecular flexibility index (Phi) is 5.19. The maximum Gasteiger partial charge on any atom is 0.269 e. The van der Waals surface area contributed by atoms with Crippen molar-refractivity contribution < 1.29 is 4.79 Å². The highest BCUT2D eigenvalue weighted by Gasteiger charge is 2.15. The molecule has 0 radical (unpaired) electrons. The summed E-state index contributed by atoms with van der Waals surface area (Å²) >= 11 is 0. The molecule has 0 bridgehead atoms. The lowest BCUT2D eigenvalue weighted by Crippen LogP contribution is -2.25. The lowest BCUT2D eigenvalue weighted by molar-refractivity contribution is 0.0948. The third-order valence-corrected chi connectivity index (χ3v) is 3.53. The third kappa shape index (κ3) is 4.23. The molecule has 19 heavy (non-hydrogen) atoms. The third-order valence-electron chi connectivity index (χ3n) is 3.53. The molecule has 0 aliphatic heterocycles. The summed E-state index contributed by atoms with van der Waals surface area (Å²) in [7, 11) is 0. The molecule has 2 N–H and O–H groups in total. The summed E-state index contributed by atoms with van der Waals surface area (Å²) in [5.74, 6) is -0.0801. The molecule has 1 heterocycles. The molecule has 0 aromatic carbocycles. The molecule has 4 heteroatoms. The Bertz CT molecular complexity index is 414. The second-order valence-electron chi connectivity index (χ2n) is 5.16. The molecule has 4 nitrogen and oxygen atoms in total. The zero-order valence-electron chi connectivity index (χ0n) is 11.6. The maximum absolute atomic E-state index is 11.9. The topological polar surface area (TPSA) is 54.0 Å². The van der Waals surface area contributed by atoms with Crippen molar-refractivity contribution in [2.75, 3.05) is 11.9 Å². The molecule has 1 amide bonds. The van der Waals surface area contributed by atoms with E-state index in [0.717, 1.165) is 25.1 Å². The highest BCUT2D eigenvalue weighted by atomic mass is 16.1. The number of amides is 1. The second-order valence-corrected chi connectivity index (χ2v) is 5.16. The zero-order chi connectivity index (χ0) is 13.5. The van der Waals surface area contributed by atoms with Crippen LogP contribution in [0.5, 0.6) is 0 Å². The summed E-state index contributed by atoms with van der Waals surface area (Å²) in [6.45, 7) is 2.83. The minimum Gasteiger partial charge on any atom is -0.382 e. The Morgan fingerprint density at radius 1 is 1.42 bits per heavy atom. The summed E-state index contributed by atoms with van der Waals surface area (Å²) in [6.07, 6.45) is 8.83. The van der Waals surface area contributed by atoms with Crippen molar-refractivity contribution in [1.82, 2.24) is 10.3 Å². The highest BCUT2D eigenvalue weighted by Crippen LogP contribution is 2.22. The van der Waals surface area contributed by atoms with Crippen molar-refractivity contribution in [3.8, 4) is 0 Å². The van der Waals surface area contributed by atoms with E-state index in [1.54, 1.807) is 6.20 Å². The predicted octanol–water partition coefficient (Wildman–Crippen LogP) is 2.97. The van der Waals surface area contributed by atoms with Crippen molar-refractivity contribution in [2.24, 2.45) is 0 Å². The number of carbonyl (C=O) groups is 1. The van der Waals surface area contributed by atoms with Gasteiger partial charge < -0.3 is 10.6 Å². The number of aromatic nitrogens is 1. The van der Waals surface area contributed by atoms with E-state index in [4.69, 9.17) is 0 Å². The van der Waals surface area contributed by atoms with Crippen LogP contribution in [-0.2, 0) is 0 Å². The van der Waals surface area contributed by atoms with E-state index in [1.807, 2.05) is 12.1 Å². The number of carbonyl (C=O) groups excluding carboxylic acids is 1. The molecule has 1 aromatic heterocycles. The van der Waals surface area contributed by atoms with Crippen LogP contribution in [0.3, 0.4) is 0 Å². The molecule has 1 aliphatic rings. The predicted molar refractivity (Wildman–Crippen MR) is 77.4 cm³/mol. The first-order valence-electron chi connectivity index (χ1n) is 7.30. The molecule has 1 aliphatic carbocycles. The summed E-state index contributed by atoms with van der Waals surface area (Å²) in [4.78, 5) is 16.0. The van der Waals surface area contributed by atoms with Crippen molar-refractivity contribution >= 4 is 11.6 Å². The molecule has 0 spiro atoms. The van der Waals surface area contributed by atoms with Crippen LogP contribution in [0.4, 0.5) is 5.69 Å². The number of hydrogen-bond acceptors (Lipinski definition) is 3. The average Bonchev–Trinajstić information content (AvgIpc) is 2.92. The Morgan fingerprint density at radius 2 is 2.21 bits per heavy atom. The first kappa shape index (κ1) is 13.8. The minimum absolute atomic E-state index is 0.0801. The van der Waals surface area contributed by atoms with Gasteiger partial charge in [0.25, 0.3) is 5.91 Å². The van der Waals surface area contributed by atoms with Crippen LogP contribution in [0.15, 0.2) is 18.3 Å². The van der Waals surface area contributed by atoms with Crippen LogP contribution in [0, 0.1) is 0 Å². The van der Waals surface area contributed by atoms with Gasteiger partial charge in [-0.2, -0.15) is 0 Å². The summed E-state index contributed by atoms with van der Waals surface area (Å²) in [5.41, 5.74) is 1.50. The Balaban J connectivity index is 1.91. The van der Waals surface area contributed by atoms with Crippen LogP contribution >= 0.6 is 0 Å². The number of unbranched alkanes of at least 4 members (excludes halogenated alkanes) is 1. The Labute approximate surface area is 115 Å². The van der Waals surface area contributed by atoms with Gasteiger partial charge in [-0.05, 0) is 31.4 Å². The summed E-state index contributed by atoms with van der Waals surface area (Å²) < 4.78 is 0. The van der Waals surface area contributed by atoms with Crippen LogP contribution in [-0.4, -0.2) is 23.5 Å². The van der Waals surface area contributed by atoms with Gasteiger partial charge in [0.1, 0.15) is 5.69 Å². The number of rotatable bonds is 6. The minimum atomic E-state index is -0.0801. The zero-order valence-corrected chi connectivity index (χ0v) is 11.6. The van der Waals surface area contributed by atoms with Gasteiger partial charge in [-0.1, -0.05) is 26.2 Å². The van der Waals surface area contributed by atoms with Crippen molar-refractivity contribution in [3.05, 3.63) is 24.0 Å². The van der Waals surface area contributed by atoms with Crippen LogP contribution in [0.2, 0.25) is 0 Å². The molecule has 0 atom stereocenters. The monoisotopic (exact) mass is 261 g/mol. The number of nitrogens with one attached hydrogen (secondary N) is 2. The van der Waals surface area contributed by atoms with E-state index in [2.05, 4.69) is 22.5 Å². The van der Waals surface area contributed by atoms with Crippen LogP contribution < -0.4 is 10.6 Å². The number of anilines is 1. The van der Waals surface area contributed by atoms with Crippen molar-refractivity contribution in [3.63, 3.8) is 0 Å². The fourth-order valence-corrected chi connectivity index (χ4v) is 2.42. The lowest BCUT2D eigenvalue weighted by atomic mass is 10.2. The van der Waals surface area contributed by atoms with Gasteiger partial charge in [0, 0.05) is 24.5 Å². The molecule has 0 saturated heterocycles. The number of pyridine rings is 1. The van der Waals surface area contributed by atoms with E-state index in [-0.39, 0.29) is 5.91 Å². The van der Waals surface area contributed by atoms with Crippen LogP contribution in [0.25, 0.3) is 0 Å². The van der Waals surface area contributed by atoms with Gasteiger partial charge in [-0.15, -0.1) is 0 Å². The lowest BCUT2D eigenvalue weighted by Gasteiger charge is -2.13. The van der Waals surface area contributed by atoms with E-state index in [9.17, 15) is 4.79 Å². The summed E-state index contributed by atoms with van der Waals surface area (Å²) in [6, 6.07) is 4.33. The standard InChI is InChI=1S/C15H23N3O/c1-2-3-9-17-15(19)14-11-13(8-10-16-14)18-12-6-4-5-7-12/h8,10-12H,2-7,9H2,1H3,(H,16,18)(H,17,19). The van der Waals surface area contributed by atoms with E-state index < -0.39 is 0 Å². The molecule has 1 fully saturated rings. The van der Waals surface area contributed by atoms with Gasteiger partial charge in [-0.3, -0.25) is 9.78 Å². The fourth-order valence-electron chi connectivity index (χ4n) is 2.42. The molecule has 104 valence electrons. The normalized spacial score (nSPS) is 15.4. The van der Waals surface area contributed by atoms with E-state index >= 15 is 0 Å². The number of nitrogens with zero attached hydrogens (tertiary/aromatic N) is 1. The van der Waals surface area contributed by atoms with Crippen LogP contribution in [0.1, 0.15) is 55.9 Å². The molecule has 2 rings (SSSR count). The van der Waals surface area contributed by atoms with E-state index in [0.29, 0.717) is 11.7 Å². The van der Waals surface area contributed by atoms with Gasteiger partial charge in [0.05, 0.1) is 0 Å².